The Hall–Kier alpha value is -1.54. The second-order valence-corrected chi connectivity index (χ2v) is 6.72. The average molecular weight is 324 g/mol. The van der Waals surface area contributed by atoms with Crippen molar-refractivity contribution in [1.82, 2.24) is 30.4 Å². The Balaban J connectivity index is 1.86. The van der Waals surface area contributed by atoms with Gasteiger partial charge in [0.1, 0.15) is 6.61 Å². The maximum absolute atomic E-state index is 11.6. The van der Waals surface area contributed by atoms with Crippen LogP contribution in [0.15, 0.2) is 0 Å². The van der Waals surface area contributed by atoms with Crippen LogP contribution in [0.1, 0.15) is 45.9 Å². The summed E-state index contributed by atoms with van der Waals surface area (Å²) in [6, 6.07) is 0.233. The van der Waals surface area contributed by atoms with Crippen LogP contribution in [0.3, 0.4) is 0 Å². The molecule has 1 N–H and O–H groups in total. The quantitative estimate of drug-likeness (QED) is 0.788. The number of carbonyl (C=O) groups is 1. The molecule has 8 nitrogen and oxygen atoms in total. The largest absolute Gasteiger partial charge is 0.375 e. The van der Waals surface area contributed by atoms with Crippen molar-refractivity contribution >= 4 is 5.91 Å². The lowest BCUT2D eigenvalue weighted by Gasteiger charge is -2.32. The Morgan fingerprint density at radius 2 is 2.09 bits per heavy atom. The highest BCUT2D eigenvalue weighted by molar-refractivity contribution is 5.77. The minimum atomic E-state index is -0.0781. The van der Waals surface area contributed by atoms with Gasteiger partial charge < -0.3 is 10.1 Å². The van der Waals surface area contributed by atoms with E-state index in [1.54, 1.807) is 0 Å². The summed E-state index contributed by atoms with van der Waals surface area (Å²) in [6.07, 6.45) is 2.85. The fourth-order valence-corrected chi connectivity index (χ4v) is 2.76. The van der Waals surface area contributed by atoms with Crippen LogP contribution in [0.5, 0.6) is 0 Å². The van der Waals surface area contributed by atoms with Crippen molar-refractivity contribution < 1.29 is 9.53 Å². The maximum atomic E-state index is 11.6. The van der Waals surface area contributed by atoms with Crippen molar-refractivity contribution in [2.24, 2.45) is 0 Å². The predicted octanol–water partition coefficient (Wildman–Crippen LogP) is 0.545. The summed E-state index contributed by atoms with van der Waals surface area (Å²) in [7, 11) is 1.53. The van der Waals surface area contributed by atoms with Crippen LogP contribution in [0.25, 0.3) is 0 Å². The van der Waals surface area contributed by atoms with Gasteiger partial charge in [0.15, 0.2) is 5.82 Å². The summed E-state index contributed by atoms with van der Waals surface area (Å²) in [5.41, 5.74) is -0.0781. The molecule has 1 aromatic rings. The number of hydrogen-bond acceptors (Lipinski definition) is 6. The Bertz CT molecular complexity index is 508. The van der Waals surface area contributed by atoms with Crippen LogP contribution in [0.2, 0.25) is 0 Å². The highest BCUT2D eigenvalue weighted by Crippen LogP contribution is 2.20. The van der Waals surface area contributed by atoms with E-state index in [-0.39, 0.29) is 24.1 Å². The number of aromatic nitrogens is 4. The Morgan fingerprint density at radius 1 is 1.39 bits per heavy atom. The van der Waals surface area contributed by atoms with Crippen LogP contribution in [0.4, 0.5) is 0 Å². The van der Waals surface area contributed by atoms with Gasteiger partial charge in [-0.25, -0.2) is 4.68 Å². The lowest BCUT2D eigenvalue weighted by molar-refractivity contribution is -0.125. The van der Waals surface area contributed by atoms with Gasteiger partial charge in [0.05, 0.1) is 12.1 Å². The molecule has 23 heavy (non-hydrogen) atoms. The van der Waals surface area contributed by atoms with Crippen molar-refractivity contribution in [1.29, 1.82) is 0 Å². The molecule has 0 aliphatic carbocycles. The van der Waals surface area contributed by atoms with Gasteiger partial charge in [-0.05, 0) is 43.5 Å². The van der Waals surface area contributed by atoms with Crippen molar-refractivity contribution in [3.05, 3.63) is 5.82 Å². The molecule has 1 aliphatic heterocycles. The van der Waals surface area contributed by atoms with E-state index < -0.39 is 0 Å². The summed E-state index contributed by atoms with van der Waals surface area (Å²) in [5, 5.41) is 15.2. The molecule has 0 bridgehead atoms. The topological polar surface area (TPSA) is 85.2 Å². The SMILES string of the molecule is CCC(C)(C)n1nnnc1CN1CCC(NC(=O)COC)CC1. The van der Waals surface area contributed by atoms with E-state index in [1.165, 1.54) is 7.11 Å². The van der Waals surface area contributed by atoms with Crippen LogP contribution in [-0.2, 0) is 21.6 Å². The molecule has 0 radical (unpaired) electrons. The van der Waals surface area contributed by atoms with Crippen LogP contribution >= 0.6 is 0 Å². The minimum Gasteiger partial charge on any atom is -0.375 e. The monoisotopic (exact) mass is 324 g/mol. The average Bonchev–Trinajstić information content (AvgIpc) is 2.98. The molecule has 1 saturated heterocycles. The fourth-order valence-electron chi connectivity index (χ4n) is 2.76. The van der Waals surface area contributed by atoms with Gasteiger partial charge in [-0.2, -0.15) is 0 Å². The summed E-state index contributed by atoms with van der Waals surface area (Å²) in [6.45, 7) is 9.15. The second kappa shape index (κ2) is 7.83. The van der Waals surface area contributed by atoms with Gasteiger partial charge in [-0.3, -0.25) is 9.69 Å². The third kappa shape index (κ3) is 4.71. The first-order valence-corrected chi connectivity index (χ1v) is 8.24. The number of tetrazole rings is 1. The molecule has 0 atom stereocenters. The van der Waals surface area contributed by atoms with Crippen LogP contribution in [0, 0.1) is 0 Å². The number of nitrogens with zero attached hydrogens (tertiary/aromatic N) is 5. The van der Waals surface area contributed by atoms with E-state index in [1.807, 2.05) is 4.68 Å². The van der Waals surface area contributed by atoms with Gasteiger partial charge in [0.25, 0.3) is 0 Å². The molecule has 0 spiro atoms. The highest BCUT2D eigenvalue weighted by atomic mass is 16.5. The third-order valence-electron chi connectivity index (χ3n) is 4.57. The lowest BCUT2D eigenvalue weighted by Crippen LogP contribution is -2.45. The Labute approximate surface area is 137 Å². The molecule has 0 saturated carbocycles. The normalized spacial score (nSPS) is 17.4. The Morgan fingerprint density at radius 3 is 2.70 bits per heavy atom. The van der Waals surface area contributed by atoms with E-state index in [0.29, 0.717) is 0 Å². The number of piperidine rings is 1. The molecule has 1 fully saturated rings. The number of hydrogen-bond donors (Lipinski definition) is 1. The first-order chi connectivity index (χ1) is 11.0. The highest BCUT2D eigenvalue weighted by Gasteiger charge is 2.26. The number of methoxy groups -OCH3 is 1. The van der Waals surface area contributed by atoms with Crippen LogP contribution < -0.4 is 5.32 Å². The molecule has 2 heterocycles. The van der Waals surface area contributed by atoms with E-state index in [9.17, 15) is 4.79 Å². The van der Waals surface area contributed by atoms with E-state index in [0.717, 1.165) is 44.7 Å². The van der Waals surface area contributed by atoms with Gasteiger partial charge >= 0.3 is 0 Å². The molecule has 1 aliphatic rings. The van der Waals surface area contributed by atoms with Gasteiger partial charge in [0, 0.05) is 26.2 Å². The summed E-state index contributed by atoms with van der Waals surface area (Å²) in [5.74, 6) is 0.860. The van der Waals surface area contributed by atoms with Crippen molar-refractivity contribution in [3.8, 4) is 0 Å². The second-order valence-electron chi connectivity index (χ2n) is 6.72. The number of nitrogens with one attached hydrogen (secondary N) is 1. The van der Waals surface area contributed by atoms with E-state index in [4.69, 9.17) is 4.74 Å². The van der Waals surface area contributed by atoms with E-state index in [2.05, 4.69) is 46.5 Å². The van der Waals surface area contributed by atoms with Gasteiger partial charge in [0.2, 0.25) is 5.91 Å². The molecule has 2 rings (SSSR count). The zero-order chi connectivity index (χ0) is 16.9. The van der Waals surface area contributed by atoms with Crippen molar-refractivity contribution in [3.63, 3.8) is 0 Å². The molecule has 1 amide bonds. The molecule has 130 valence electrons. The predicted molar refractivity (Wildman–Crippen MR) is 85.7 cm³/mol. The van der Waals surface area contributed by atoms with Gasteiger partial charge in [-0.1, -0.05) is 6.92 Å². The molecular formula is C15H28N6O2. The number of rotatable bonds is 7. The Kier molecular flexibility index (Phi) is 6.06. The molecule has 8 heteroatoms. The standard InChI is InChI=1S/C15H28N6O2/c1-5-15(2,3)21-13(17-18-19-21)10-20-8-6-12(7-9-20)16-14(22)11-23-4/h12H,5-11H2,1-4H3,(H,16,22). The van der Waals surface area contributed by atoms with Crippen molar-refractivity contribution in [2.45, 2.75) is 58.2 Å². The van der Waals surface area contributed by atoms with Crippen LogP contribution in [-0.4, -0.2) is 63.9 Å². The first-order valence-electron chi connectivity index (χ1n) is 8.24. The first kappa shape index (κ1) is 17.8. The fraction of sp³-hybridized carbons (Fsp3) is 0.867. The smallest absolute Gasteiger partial charge is 0.246 e. The number of amides is 1. The van der Waals surface area contributed by atoms with E-state index >= 15 is 0 Å². The number of carbonyl (C=O) groups excluding carboxylic acids is 1. The lowest BCUT2D eigenvalue weighted by atomic mass is 10.0. The van der Waals surface area contributed by atoms with Gasteiger partial charge in [-0.15, -0.1) is 5.10 Å². The van der Waals surface area contributed by atoms with Crippen molar-refractivity contribution in [2.75, 3.05) is 26.8 Å². The molecule has 0 aromatic carbocycles. The molecule has 0 unspecified atom stereocenters. The maximum Gasteiger partial charge on any atom is 0.246 e. The summed E-state index contributed by atoms with van der Waals surface area (Å²) in [4.78, 5) is 13.9. The zero-order valence-electron chi connectivity index (χ0n) is 14.6. The third-order valence-corrected chi connectivity index (χ3v) is 4.57. The molecular weight excluding hydrogens is 296 g/mol. The summed E-state index contributed by atoms with van der Waals surface area (Å²) >= 11 is 0. The molecule has 1 aromatic heterocycles. The zero-order valence-corrected chi connectivity index (χ0v) is 14.6. The minimum absolute atomic E-state index is 0.0420. The number of ether oxygens (including phenoxy) is 1. The summed E-state index contributed by atoms with van der Waals surface area (Å²) < 4.78 is 6.77. The number of likely N-dealkylation sites (tertiary alicyclic amines) is 1.